The van der Waals surface area contributed by atoms with Crippen LogP contribution in [0.15, 0.2) is 70.9 Å². The average molecular weight is 306 g/mol. The maximum atomic E-state index is 8.74. The monoisotopic (exact) mass is 306 g/mol. The molecule has 0 atom stereocenters. The standard InChI is InChI=1S/C17H18N6/c18-22-20-13-17(14-21-23-19,11-15-7-3-1-4-8-15)12-16-9-5-2-6-10-16/h1-10H,11-14H2. The fourth-order valence-electron chi connectivity index (χ4n) is 2.76. The van der Waals surface area contributed by atoms with Crippen LogP contribution < -0.4 is 0 Å². The molecule has 0 N–H and O–H groups in total. The highest BCUT2D eigenvalue weighted by atomic mass is 15.2. The van der Waals surface area contributed by atoms with Crippen LogP contribution in [0.25, 0.3) is 20.9 Å². The second-order valence-corrected chi connectivity index (χ2v) is 5.60. The molecule has 6 nitrogen and oxygen atoms in total. The second-order valence-electron chi connectivity index (χ2n) is 5.60. The average Bonchev–Trinajstić information content (AvgIpc) is 2.60. The molecule has 0 fully saturated rings. The normalized spacial score (nSPS) is 10.4. The van der Waals surface area contributed by atoms with Gasteiger partial charge in [0.2, 0.25) is 0 Å². The minimum Gasteiger partial charge on any atom is -0.0934 e. The van der Waals surface area contributed by atoms with E-state index in [2.05, 4.69) is 20.1 Å². The molecule has 2 aromatic rings. The predicted octanol–water partition coefficient (Wildman–Crippen LogP) is 5.08. The SMILES string of the molecule is [N-]=[N+]=NCC(CN=[N+]=[N-])(Cc1ccccc1)Cc1ccccc1. The van der Waals surface area contributed by atoms with Gasteiger partial charge in [-0.15, -0.1) is 0 Å². The van der Waals surface area contributed by atoms with E-state index in [9.17, 15) is 0 Å². The smallest absolute Gasteiger partial charge is 0.0322 e. The molecule has 0 aromatic heterocycles. The van der Waals surface area contributed by atoms with Crippen LogP contribution in [0.1, 0.15) is 11.1 Å². The first-order valence-corrected chi connectivity index (χ1v) is 7.38. The Morgan fingerprint density at radius 1 is 0.696 bits per heavy atom. The first-order valence-electron chi connectivity index (χ1n) is 7.38. The lowest BCUT2D eigenvalue weighted by Gasteiger charge is -2.31. The number of nitrogens with zero attached hydrogens (tertiary/aromatic N) is 6. The molecule has 0 aliphatic heterocycles. The topological polar surface area (TPSA) is 97.5 Å². The summed E-state index contributed by atoms with van der Waals surface area (Å²) in [5, 5.41) is 7.57. The first-order chi connectivity index (χ1) is 11.3. The zero-order valence-corrected chi connectivity index (χ0v) is 12.8. The van der Waals surface area contributed by atoms with Gasteiger partial charge in [0.05, 0.1) is 0 Å². The predicted molar refractivity (Wildman–Crippen MR) is 90.8 cm³/mol. The van der Waals surface area contributed by atoms with E-state index in [1.54, 1.807) is 0 Å². The van der Waals surface area contributed by atoms with Crippen LogP contribution in [0.4, 0.5) is 0 Å². The van der Waals surface area contributed by atoms with Crippen molar-refractivity contribution < 1.29 is 0 Å². The molecule has 0 bridgehead atoms. The second kappa shape index (κ2) is 8.49. The van der Waals surface area contributed by atoms with E-state index in [0.29, 0.717) is 12.8 Å². The van der Waals surface area contributed by atoms with Crippen molar-refractivity contribution in [3.8, 4) is 0 Å². The lowest BCUT2D eigenvalue weighted by molar-refractivity contribution is 0.304. The Kier molecular flexibility index (Phi) is 6.07. The number of hydrogen-bond donors (Lipinski definition) is 0. The lowest BCUT2D eigenvalue weighted by atomic mass is 9.76. The van der Waals surface area contributed by atoms with E-state index in [-0.39, 0.29) is 13.1 Å². The van der Waals surface area contributed by atoms with Crippen molar-refractivity contribution in [1.29, 1.82) is 0 Å². The number of hydrogen-bond acceptors (Lipinski definition) is 2. The molecule has 0 unspecified atom stereocenters. The highest BCUT2D eigenvalue weighted by Crippen LogP contribution is 2.29. The summed E-state index contributed by atoms with van der Waals surface area (Å²) in [4.78, 5) is 5.80. The van der Waals surface area contributed by atoms with Gasteiger partial charge in [0, 0.05) is 22.9 Å². The van der Waals surface area contributed by atoms with Crippen LogP contribution in [0.3, 0.4) is 0 Å². The summed E-state index contributed by atoms with van der Waals surface area (Å²) in [6.45, 7) is 0.568. The van der Waals surface area contributed by atoms with Crippen molar-refractivity contribution >= 4 is 0 Å². The molecular weight excluding hydrogens is 288 g/mol. The van der Waals surface area contributed by atoms with Gasteiger partial charge < -0.3 is 0 Å². The van der Waals surface area contributed by atoms with Gasteiger partial charge in [0.15, 0.2) is 0 Å². The van der Waals surface area contributed by atoms with Crippen LogP contribution in [0, 0.1) is 5.41 Å². The summed E-state index contributed by atoms with van der Waals surface area (Å²) in [5.74, 6) is 0. The van der Waals surface area contributed by atoms with Crippen molar-refractivity contribution in [3.63, 3.8) is 0 Å². The Balaban J connectivity index is 2.35. The van der Waals surface area contributed by atoms with Gasteiger partial charge in [0.1, 0.15) is 0 Å². The molecule has 6 heteroatoms. The van der Waals surface area contributed by atoms with Crippen molar-refractivity contribution in [2.75, 3.05) is 13.1 Å². The summed E-state index contributed by atoms with van der Waals surface area (Å²) in [7, 11) is 0. The third-order valence-corrected chi connectivity index (χ3v) is 3.78. The fourth-order valence-corrected chi connectivity index (χ4v) is 2.76. The maximum Gasteiger partial charge on any atom is 0.0322 e. The van der Waals surface area contributed by atoms with E-state index in [1.165, 1.54) is 0 Å². The summed E-state index contributed by atoms with van der Waals surface area (Å²) in [6, 6.07) is 20.0. The molecule has 0 aliphatic carbocycles. The zero-order valence-electron chi connectivity index (χ0n) is 12.8. The number of azide groups is 2. The molecule has 0 saturated heterocycles. The molecule has 116 valence electrons. The molecule has 0 spiro atoms. The molecular formula is C17H18N6. The quantitative estimate of drug-likeness (QED) is 0.369. The van der Waals surface area contributed by atoms with E-state index < -0.39 is 5.41 Å². The zero-order chi connectivity index (χ0) is 16.4. The van der Waals surface area contributed by atoms with Crippen LogP contribution >= 0.6 is 0 Å². The third kappa shape index (κ3) is 5.08. The third-order valence-electron chi connectivity index (χ3n) is 3.78. The van der Waals surface area contributed by atoms with Gasteiger partial charge in [0.25, 0.3) is 0 Å². The summed E-state index contributed by atoms with van der Waals surface area (Å²) < 4.78 is 0. The number of benzene rings is 2. The Morgan fingerprint density at radius 3 is 1.43 bits per heavy atom. The molecule has 0 aliphatic rings. The largest absolute Gasteiger partial charge is 0.0934 e. The Bertz CT molecular complexity index is 637. The van der Waals surface area contributed by atoms with E-state index in [4.69, 9.17) is 11.1 Å². The Morgan fingerprint density at radius 2 is 1.09 bits per heavy atom. The highest BCUT2D eigenvalue weighted by molar-refractivity contribution is 5.21. The van der Waals surface area contributed by atoms with Crippen LogP contribution in [0.2, 0.25) is 0 Å². The van der Waals surface area contributed by atoms with E-state index in [0.717, 1.165) is 11.1 Å². The minimum atomic E-state index is -0.429. The Hall–Kier alpha value is -2.94. The molecule has 0 heterocycles. The molecule has 0 amide bonds. The van der Waals surface area contributed by atoms with Crippen LogP contribution in [-0.2, 0) is 12.8 Å². The molecule has 2 rings (SSSR count). The van der Waals surface area contributed by atoms with Gasteiger partial charge in [-0.2, -0.15) is 0 Å². The van der Waals surface area contributed by atoms with Crippen molar-refractivity contribution in [2.45, 2.75) is 12.8 Å². The van der Waals surface area contributed by atoms with Crippen LogP contribution in [0.5, 0.6) is 0 Å². The minimum absolute atomic E-state index is 0.284. The molecule has 0 radical (unpaired) electrons. The van der Waals surface area contributed by atoms with Gasteiger partial charge in [-0.1, -0.05) is 70.9 Å². The lowest BCUT2D eigenvalue weighted by Crippen LogP contribution is -2.33. The van der Waals surface area contributed by atoms with Crippen LogP contribution in [-0.4, -0.2) is 13.1 Å². The van der Waals surface area contributed by atoms with E-state index >= 15 is 0 Å². The van der Waals surface area contributed by atoms with Gasteiger partial charge in [-0.3, -0.25) is 0 Å². The Labute approximate surface area is 135 Å². The van der Waals surface area contributed by atoms with Crippen molar-refractivity contribution in [2.24, 2.45) is 15.6 Å². The van der Waals surface area contributed by atoms with Crippen molar-refractivity contribution in [3.05, 3.63) is 92.7 Å². The number of rotatable bonds is 8. The summed E-state index contributed by atoms with van der Waals surface area (Å²) >= 11 is 0. The fraction of sp³-hybridized carbons (Fsp3) is 0.294. The molecule has 2 aromatic carbocycles. The summed E-state index contributed by atoms with van der Waals surface area (Å²) in [6.07, 6.45) is 1.36. The summed E-state index contributed by atoms with van der Waals surface area (Å²) in [5.41, 5.74) is 19.3. The van der Waals surface area contributed by atoms with E-state index in [1.807, 2.05) is 60.7 Å². The molecule has 0 saturated carbocycles. The maximum absolute atomic E-state index is 8.74. The van der Waals surface area contributed by atoms with Gasteiger partial charge >= 0.3 is 0 Å². The first kappa shape index (κ1) is 16.4. The van der Waals surface area contributed by atoms with Crippen molar-refractivity contribution in [1.82, 2.24) is 0 Å². The van der Waals surface area contributed by atoms with Gasteiger partial charge in [-0.05, 0) is 40.4 Å². The molecule has 23 heavy (non-hydrogen) atoms. The highest BCUT2D eigenvalue weighted by Gasteiger charge is 2.29. The van der Waals surface area contributed by atoms with Gasteiger partial charge in [-0.25, -0.2) is 0 Å².